The van der Waals surface area contributed by atoms with Crippen molar-refractivity contribution in [2.24, 2.45) is 5.92 Å². The normalized spacial score (nSPS) is 21.6. The van der Waals surface area contributed by atoms with E-state index in [0.717, 1.165) is 16.6 Å². The molecule has 7 rings (SSSR count). The summed E-state index contributed by atoms with van der Waals surface area (Å²) in [6.45, 7) is 6.28. The molecule has 1 aliphatic heterocycles. The number of carbonyl (C=O) groups excluding carboxylic acids is 1. The number of benzene rings is 3. The Balaban J connectivity index is 1.37. The molecule has 182 valence electrons. The molecule has 2 aliphatic rings. The Bertz CT molecular complexity index is 1670. The number of imidazole rings is 1. The maximum Gasteiger partial charge on any atom is 0.180 e. The van der Waals surface area contributed by atoms with Crippen LogP contribution in [-0.2, 0) is 0 Å². The topological polar surface area (TPSA) is 47.8 Å². The molecule has 4 atom stereocenters. The largest absolute Gasteiger partial charge is 0.320 e. The van der Waals surface area contributed by atoms with Crippen molar-refractivity contribution in [2.45, 2.75) is 45.1 Å². The Morgan fingerprint density at radius 2 is 1.70 bits per heavy atom. The number of carbonyl (C=O) groups is 1. The zero-order chi connectivity index (χ0) is 25.3. The van der Waals surface area contributed by atoms with Gasteiger partial charge in [-0.1, -0.05) is 73.2 Å². The van der Waals surface area contributed by atoms with Crippen molar-refractivity contribution < 1.29 is 4.79 Å². The van der Waals surface area contributed by atoms with Gasteiger partial charge in [0, 0.05) is 30.0 Å². The summed E-state index contributed by atoms with van der Waals surface area (Å²) in [5, 5.41) is 0. The van der Waals surface area contributed by atoms with Crippen LogP contribution in [0.3, 0.4) is 0 Å². The summed E-state index contributed by atoms with van der Waals surface area (Å²) in [5.41, 5.74) is 10.3. The van der Waals surface area contributed by atoms with Gasteiger partial charge in [0.15, 0.2) is 5.78 Å². The van der Waals surface area contributed by atoms with E-state index in [2.05, 4.69) is 90.1 Å². The minimum atomic E-state index is 0.0687. The lowest BCUT2D eigenvalue weighted by molar-refractivity contribution is 0.0983. The second-order valence-electron chi connectivity index (χ2n) is 10.6. The number of Topliss-reactive ketones (excluding diaryl/α,β-unsaturated/α-hetero) is 1. The third-order valence-electron chi connectivity index (χ3n) is 8.37. The van der Waals surface area contributed by atoms with E-state index in [4.69, 9.17) is 4.98 Å². The predicted molar refractivity (Wildman–Crippen MR) is 147 cm³/mol. The Morgan fingerprint density at radius 1 is 0.892 bits per heavy atom. The van der Waals surface area contributed by atoms with Crippen LogP contribution in [0.25, 0.3) is 22.2 Å². The van der Waals surface area contributed by atoms with E-state index in [1.807, 2.05) is 25.3 Å². The van der Waals surface area contributed by atoms with Crippen LogP contribution >= 0.6 is 0 Å². The van der Waals surface area contributed by atoms with Gasteiger partial charge in [-0.25, -0.2) is 4.98 Å². The van der Waals surface area contributed by atoms with Gasteiger partial charge in [0.25, 0.3) is 0 Å². The molecule has 0 radical (unpaired) electrons. The first-order valence-corrected chi connectivity index (χ1v) is 13.2. The van der Waals surface area contributed by atoms with Crippen LogP contribution in [0.5, 0.6) is 0 Å². The van der Waals surface area contributed by atoms with Crippen LogP contribution in [-0.4, -0.2) is 20.3 Å². The predicted octanol–water partition coefficient (Wildman–Crippen LogP) is 7.41. The van der Waals surface area contributed by atoms with Gasteiger partial charge in [-0.3, -0.25) is 9.78 Å². The Hall–Kier alpha value is -4.05. The summed E-state index contributed by atoms with van der Waals surface area (Å²) in [7, 11) is 0. The molecule has 0 unspecified atom stereocenters. The summed E-state index contributed by atoms with van der Waals surface area (Å²) >= 11 is 0. The van der Waals surface area contributed by atoms with Crippen LogP contribution in [0, 0.1) is 19.8 Å². The lowest BCUT2D eigenvalue weighted by Crippen LogP contribution is -2.14. The molecule has 0 spiro atoms. The highest BCUT2D eigenvalue weighted by atomic mass is 16.1. The summed E-state index contributed by atoms with van der Waals surface area (Å²) < 4.78 is 2.51. The average molecular weight is 484 g/mol. The molecular weight excluding hydrogens is 454 g/mol. The van der Waals surface area contributed by atoms with Crippen LogP contribution < -0.4 is 0 Å². The van der Waals surface area contributed by atoms with Gasteiger partial charge < -0.3 is 4.57 Å². The highest BCUT2D eigenvalue weighted by molar-refractivity contribution is 5.94. The number of aromatic nitrogens is 3. The zero-order valence-electron chi connectivity index (χ0n) is 21.3. The highest BCUT2D eigenvalue weighted by Gasteiger charge is 2.63. The van der Waals surface area contributed by atoms with E-state index in [0.29, 0.717) is 29.9 Å². The SMILES string of the molecule is CCC(=O)c1ccc(-c2ccc3nc4n(c3c2)[C@@H](c2cc(C)ccc2C)[C@H]2[C@H](c3ccccc3)[C@@H]42)cn1. The first kappa shape index (κ1) is 22.2. The van der Waals surface area contributed by atoms with Crippen molar-refractivity contribution in [1.82, 2.24) is 14.5 Å². The molecular formula is C33H29N3O. The van der Waals surface area contributed by atoms with Gasteiger partial charge in [-0.15, -0.1) is 0 Å². The molecule has 3 heterocycles. The molecule has 5 aromatic rings. The zero-order valence-corrected chi connectivity index (χ0v) is 21.3. The summed E-state index contributed by atoms with van der Waals surface area (Å²) in [4.78, 5) is 21.7. The van der Waals surface area contributed by atoms with Crippen molar-refractivity contribution in [3.8, 4) is 11.1 Å². The van der Waals surface area contributed by atoms with E-state index in [1.165, 1.54) is 33.6 Å². The molecule has 2 aromatic heterocycles. The summed E-state index contributed by atoms with van der Waals surface area (Å²) in [6, 6.07) is 28.4. The molecule has 0 bridgehead atoms. The van der Waals surface area contributed by atoms with E-state index >= 15 is 0 Å². The number of hydrogen-bond acceptors (Lipinski definition) is 3. The van der Waals surface area contributed by atoms with Crippen molar-refractivity contribution in [2.75, 3.05) is 0 Å². The molecule has 0 saturated heterocycles. The number of pyridine rings is 1. The van der Waals surface area contributed by atoms with Crippen molar-refractivity contribution in [3.63, 3.8) is 0 Å². The van der Waals surface area contributed by atoms with Gasteiger partial charge in [-0.05, 0) is 60.2 Å². The number of fused-ring (bicyclic) bond motifs is 5. The number of hydrogen-bond donors (Lipinski definition) is 0. The van der Waals surface area contributed by atoms with Crippen molar-refractivity contribution >= 4 is 16.8 Å². The maximum absolute atomic E-state index is 12.0. The summed E-state index contributed by atoms with van der Waals surface area (Å²) in [5.74, 6) is 2.73. The van der Waals surface area contributed by atoms with E-state index < -0.39 is 0 Å². The fraction of sp³-hybridized carbons (Fsp3) is 0.242. The number of rotatable bonds is 5. The van der Waals surface area contributed by atoms with Gasteiger partial charge in [-0.2, -0.15) is 0 Å². The molecule has 3 aromatic carbocycles. The third-order valence-corrected chi connectivity index (χ3v) is 8.37. The molecule has 0 amide bonds. The molecule has 4 nitrogen and oxygen atoms in total. The van der Waals surface area contributed by atoms with Crippen molar-refractivity contribution in [3.05, 3.63) is 119 Å². The fourth-order valence-corrected chi connectivity index (χ4v) is 6.49. The second-order valence-corrected chi connectivity index (χ2v) is 10.6. The van der Waals surface area contributed by atoms with E-state index in [1.54, 1.807) is 0 Å². The Kier molecular flexibility index (Phi) is 4.94. The molecule has 0 N–H and O–H groups in total. The first-order valence-electron chi connectivity index (χ1n) is 13.2. The van der Waals surface area contributed by atoms with Gasteiger partial charge in [0.2, 0.25) is 0 Å². The number of nitrogens with zero attached hydrogens (tertiary/aromatic N) is 3. The Labute approximate surface area is 217 Å². The van der Waals surface area contributed by atoms with Gasteiger partial charge in [0.1, 0.15) is 11.5 Å². The Morgan fingerprint density at radius 3 is 2.46 bits per heavy atom. The fourth-order valence-electron chi connectivity index (χ4n) is 6.49. The van der Waals surface area contributed by atoms with Gasteiger partial charge >= 0.3 is 0 Å². The molecule has 1 saturated carbocycles. The summed E-state index contributed by atoms with van der Waals surface area (Å²) in [6.07, 6.45) is 2.28. The van der Waals surface area contributed by atoms with Crippen LogP contribution in [0.1, 0.15) is 69.8 Å². The molecule has 1 aliphatic carbocycles. The lowest BCUT2D eigenvalue weighted by Gasteiger charge is -2.23. The minimum absolute atomic E-state index is 0.0687. The first-order chi connectivity index (χ1) is 18.0. The number of ketones is 1. The van der Waals surface area contributed by atoms with Crippen LogP contribution in [0.2, 0.25) is 0 Å². The monoisotopic (exact) mass is 483 g/mol. The maximum atomic E-state index is 12.0. The standard InChI is InChI=1S/C33H29N3O/c1-4-28(37)26-15-13-23(18-34-26)22-12-14-25-27(17-22)36-32(24-16-19(2)10-11-20(24)3)30-29(31(30)33(36)35-25)21-8-6-5-7-9-21/h5-18,29-32H,4H2,1-3H3/t29-,30-,31+,32-/m0/s1. The van der Waals surface area contributed by atoms with Crippen LogP contribution in [0.4, 0.5) is 0 Å². The highest BCUT2D eigenvalue weighted by Crippen LogP contribution is 2.70. The number of aryl methyl sites for hydroxylation is 2. The second kappa shape index (κ2) is 8.24. The lowest BCUT2D eigenvalue weighted by atomic mass is 9.93. The quantitative estimate of drug-likeness (QED) is 0.245. The van der Waals surface area contributed by atoms with Crippen molar-refractivity contribution in [1.29, 1.82) is 0 Å². The molecule has 1 fully saturated rings. The van der Waals surface area contributed by atoms with E-state index in [9.17, 15) is 4.79 Å². The van der Waals surface area contributed by atoms with Gasteiger partial charge in [0.05, 0.1) is 17.1 Å². The smallest absolute Gasteiger partial charge is 0.180 e. The molecule has 4 heteroatoms. The van der Waals surface area contributed by atoms with Crippen LogP contribution in [0.15, 0.2) is 85.1 Å². The third kappa shape index (κ3) is 3.39. The minimum Gasteiger partial charge on any atom is -0.320 e. The van der Waals surface area contributed by atoms with E-state index in [-0.39, 0.29) is 11.8 Å². The molecule has 37 heavy (non-hydrogen) atoms. The average Bonchev–Trinajstić information content (AvgIpc) is 3.42.